The maximum Gasteiger partial charge on any atom is 0.144 e. The minimum absolute atomic E-state index is 0.693. The highest BCUT2D eigenvalue weighted by atomic mass is 35.5. The zero-order valence-corrected chi connectivity index (χ0v) is 9.50. The number of nitrogens with zero attached hydrogens (tertiary/aromatic N) is 2. The molecule has 0 atom stereocenters. The normalized spacial score (nSPS) is 16.9. The van der Waals surface area contributed by atoms with Crippen molar-refractivity contribution in [3.05, 3.63) is 23.4 Å². The predicted molar refractivity (Wildman–Crippen MR) is 63.4 cm³/mol. The fourth-order valence-electron chi connectivity index (χ4n) is 1.85. The Hall–Kier alpha value is -0.800. The molecule has 15 heavy (non-hydrogen) atoms. The first-order chi connectivity index (χ1) is 7.36. The highest BCUT2D eigenvalue weighted by Gasteiger charge is 2.10. The van der Waals surface area contributed by atoms with Crippen LogP contribution in [-0.4, -0.2) is 36.1 Å². The van der Waals surface area contributed by atoms with Gasteiger partial charge in [0.15, 0.2) is 0 Å². The molecule has 82 valence electrons. The minimum Gasteiger partial charge on any atom is -0.368 e. The van der Waals surface area contributed by atoms with Gasteiger partial charge in [0.1, 0.15) is 5.82 Å². The van der Waals surface area contributed by atoms with Crippen molar-refractivity contribution >= 4 is 17.4 Å². The van der Waals surface area contributed by atoms with E-state index in [4.69, 9.17) is 11.6 Å². The van der Waals surface area contributed by atoms with E-state index in [1.807, 2.05) is 12.1 Å². The third-order valence-corrected chi connectivity index (χ3v) is 2.98. The molecule has 0 aliphatic carbocycles. The third kappa shape index (κ3) is 3.08. The molecular weight excluding hydrogens is 210 g/mol. The Kier molecular flexibility index (Phi) is 3.80. The summed E-state index contributed by atoms with van der Waals surface area (Å²) >= 11 is 5.98. The summed E-state index contributed by atoms with van der Waals surface area (Å²) in [6.07, 6.45) is 4.43. The molecule has 1 fully saturated rings. The van der Waals surface area contributed by atoms with Gasteiger partial charge in [-0.15, -0.1) is 0 Å². The van der Waals surface area contributed by atoms with E-state index in [1.165, 1.54) is 25.9 Å². The number of pyridine rings is 1. The monoisotopic (exact) mass is 225 g/mol. The van der Waals surface area contributed by atoms with E-state index in [2.05, 4.69) is 15.2 Å². The molecule has 2 rings (SSSR count). The molecule has 3 nitrogen and oxygen atoms in total. The van der Waals surface area contributed by atoms with Crippen molar-refractivity contribution in [3.63, 3.8) is 0 Å². The molecule has 0 bridgehead atoms. The van der Waals surface area contributed by atoms with Crippen LogP contribution in [0.25, 0.3) is 0 Å². The molecule has 0 unspecified atom stereocenters. The average molecular weight is 226 g/mol. The number of nitrogens with one attached hydrogen (secondary N) is 1. The van der Waals surface area contributed by atoms with Crippen molar-refractivity contribution in [1.29, 1.82) is 0 Å². The van der Waals surface area contributed by atoms with E-state index in [9.17, 15) is 0 Å². The van der Waals surface area contributed by atoms with Gasteiger partial charge in [-0.25, -0.2) is 4.98 Å². The highest BCUT2D eigenvalue weighted by Crippen LogP contribution is 2.17. The van der Waals surface area contributed by atoms with Gasteiger partial charge < -0.3 is 10.2 Å². The van der Waals surface area contributed by atoms with Crippen LogP contribution in [0.15, 0.2) is 18.3 Å². The lowest BCUT2D eigenvalue weighted by molar-refractivity contribution is 0.352. The van der Waals surface area contributed by atoms with Crippen molar-refractivity contribution < 1.29 is 0 Å². The number of anilines is 1. The summed E-state index contributed by atoms with van der Waals surface area (Å²) in [7, 11) is 0. The summed E-state index contributed by atoms with van der Waals surface area (Å²) in [5.41, 5.74) is 0. The molecule has 1 aliphatic rings. The second-order valence-corrected chi connectivity index (χ2v) is 4.22. The van der Waals surface area contributed by atoms with Crippen LogP contribution >= 0.6 is 11.6 Å². The van der Waals surface area contributed by atoms with Crippen LogP contribution in [0.3, 0.4) is 0 Å². The van der Waals surface area contributed by atoms with Gasteiger partial charge >= 0.3 is 0 Å². The van der Waals surface area contributed by atoms with Gasteiger partial charge in [0.05, 0.1) is 5.02 Å². The fourth-order valence-corrected chi connectivity index (χ4v) is 2.04. The minimum atomic E-state index is 0.693. The summed E-state index contributed by atoms with van der Waals surface area (Å²) in [5.74, 6) is 0.790. The van der Waals surface area contributed by atoms with E-state index in [0.29, 0.717) is 5.02 Å². The topological polar surface area (TPSA) is 28.2 Å². The van der Waals surface area contributed by atoms with Gasteiger partial charge in [-0.05, 0) is 38.1 Å². The van der Waals surface area contributed by atoms with Crippen LogP contribution in [0.1, 0.15) is 12.8 Å². The first-order valence-corrected chi connectivity index (χ1v) is 5.81. The molecule has 4 heteroatoms. The summed E-state index contributed by atoms with van der Waals surface area (Å²) in [6, 6.07) is 3.70. The smallest absolute Gasteiger partial charge is 0.144 e. The molecular formula is C11H16ClN3. The Morgan fingerprint density at radius 1 is 1.40 bits per heavy atom. The van der Waals surface area contributed by atoms with Gasteiger partial charge in [-0.2, -0.15) is 0 Å². The molecule has 0 spiro atoms. The standard InChI is InChI=1S/C11H16ClN3/c12-10-4-3-5-13-11(10)14-6-9-15-7-1-2-8-15/h3-5H,1-2,6-9H2,(H,13,14). The van der Waals surface area contributed by atoms with E-state index in [-0.39, 0.29) is 0 Å². The first-order valence-electron chi connectivity index (χ1n) is 5.43. The summed E-state index contributed by atoms with van der Waals surface area (Å²) in [6.45, 7) is 4.46. The van der Waals surface area contributed by atoms with Crippen LogP contribution < -0.4 is 5.32 Å². The molecule has 1 N–H and O–H groups in total. The highest BCUT2D eigenvalue weighted by molar-refractivity contribution is 6.32. The fraction of sp³-hybridized carbons (Fsp3) is 0.545. The maximum absolute atomic E-state index is 5.98. The summed E-state index contributed by atoms with van der Waals surface area (Å²) in [5, 5.41) is 3.95. The number of aromatic nitrogens is 1. The summed E-state index contributed by atoms with van der Waals surface area (Å²) < 4.78 is 0. The van der Waals surface area contributed by atoms with Crippen molar-refractivity contribution in [2.24, 2.45) is 0 Å². The third-order valence-electron chi connectivity index (χ3n) is 2.68. The zero-order valence-electron chi connectivity index (χ0n) is 8.75. The number of rotatable bonds is 4. The van der Waals surface area contributed by atoms with Crippen molar-refractivity contribution in [2.75, 3.05) is 31.5 Å². The van der Waals surface area contributed by atoms with Crippen molar-refractivity contribution in [3.8, 4) is 0 Å². The van der Waals surface area contributed by atoms with Crippen molar-refractivity contribution in [1.82, 2.24) is 9.88 Å². The molecule has 0 aromatic carbocycles. The average Bonchev–Trinajstić information content (AvgIpc) is 2.74. The molecule has 1 aromatic heterocycles. The lowest BCUT2D eigenvalue weighted by Gasteiger charge is -2.15. The van der Waals surface area contributed by atoms with E-state index < -0.39 is 0 Å². The first kappa shape index (κ1) is 10.7. The van der Waals surface area contributed by atoms with Crippen LogP contribution in [0.4, 0.5) is 5.82 Å². The molecule has 1 saturated heterocycles. The maximum atomic E-state index is 5.98. The summed E-state index contributed by atoms with van der Waals surface area (Å²) in [4.78, 5) is 6.64. The second kappa shape index (κ2) is 5.33. The quantitative estimate of drug-likeness (QED) is 0.852. The molecule has 0 radical (unpaired) electrons. The number of halogens is 1. The molecule has 1 aromatic rings. The zero-order chi connectivity index (χ0) is 10.5. The largest absolute Gasteiger partial charge is 0.368 e. The lowest BCUT2D eigenvalue weighted by atomic mass is 10.4. The number of hydrogen-bond acceptors (Lipinski definition) is 3. The van der Waals surface area contributed by atoms with Crippen molar-refractivity contribution in [2.45, 2.75) is 12.8 Å². The Morgan fingerprint density at radius 3 is 2.93 bits per heavy atom. The van der Waals surface area contributed by atoms with Crippen LogP contribution in [-0.2, 0) is 0 Å². The molecule has 0 saturated carbocycles. The van der Waals surface area contributed by atoms with Gasteiger partial charge in [0, 0.05) is 19.3 Å². The molecule has 1 aliphatic heterocycles. The van der Waals surface area contributed by atoms with Gasteiger partial charge in [0.25, 0.3) is 0 Å². The van der Waals surface area contributed by atoms with Gasteiger partial charge in [-0.3, -0.25) is 0 Å². The Labute approximate surface area is 95.4 Å². The van der Waals surface area contributed by atoms with Gasteiger partial charge in [0.2, 0.25) is 0 Å². The Balaban J connectivity index is 1.75. The lowest BCUT2D eigenvalue weighted by Crippen LogP contribution is -2.26. The second-order valence-electron chi connectivity index (χ2n) is 3.81. The van der Waals surface area contributed by atoms with E-state index in [1.54, 1.807) is 6.20 Å². The van der Waals surface area contributed by atoms with Crippen LogP contribution in [0.5, 0.6) is 0 Å². The molecule has 2 heterocycles. The van der Waals surface area contributed by atoms with Crippen LogP contribution in [0.2, 0.25) is 5.02 Å². The number of likely N-dealkylation sites (tertiary alicyclic amines) is 1. The van der Waals surface area contributed by atoms with E-state index in [0.717, 1.165) is 18.9 Å². The Bertz CT molecular complexity index is 310. The Morgan fingerprint density at radius 2 is 2.20 bits per heavy atom. The van der Waals surface area contributed by atoms with Crippen LogP contribution in [0, 0.1) is 0 Å². The van der Waals surface area contributed by atoms with E-state index >= 15 is 0 Å². The predicted octanol–water partition coefficient (Wildman–Crippen LogP) is 2.24. The SMILES string of the molecule is Clc1cccnc1NCCN1CCCC1. The van der Waals surface area contributed by atoms with Gasteiger partial charge in [-0.1, -0.05) is 11.6 Å². The molecule has 0 amide bonds. The number of hydrogen-bond donors (Lipinski definition) is 1.